The maximum Gasteiger partial charge on any atom is 0.0566 e. The Morgan fingerprint density at radius 1 is 0.818 bits per heavy atom. The minimum absolute atomic E-state index is 0.0963. The van der Waals surface area contributed by atoms with Crippen LogP contribution in [0.15, 0.2) is 0 Å². The molecule has 2 rings (SSSR count). The molecule has 0 spiro atoms. The Morgan fingerprint density at radius 2 is 1.23 bits per heavy atom. The molecule has 2 saturated heterocycles. The molecule has 0 aliphatic carbocycles. The van der Waals surface area contributed by atoms with E-state index in [1.165, 1.54) is 0 Å². The SMILES string of the molecule is CCC(C)(COCC1(CC)COC1)COCC1(CC)COC1. The van der Waals surface area contributed by atoms with E-state index in [4.69, 9.17) is 18.9 Å². The second-order valence-corrected chi connectivity index (χ2v) is 7.84. The summed E-state index contributed by atoms with van der Waals surface area (Å²) >= 11 is 0. The van der Waals surface area contributed by atoms with Gasteiger partial charge in [0.15, 0.2) is 0 Å². The van der Waals surface area contributed by atoms with Gasteiger partial charge in [-0.2, -0.15) is 0 Å². The number of hydrogen-bond acceptors (Lipinski definition) is 4. The lowest BCUT2D eigenvalue weighted by atomic mass is 9.83. The minimum atomic E-state index is 0.0963. The van der Waals surface area contributed by atoms with Crippen LogP contribution in [0, 0.1) is 16.2 Å². The molecule has 2 heterocycles. The Morgan fingerprint density at radius 3 is 1.45 bits per heavy atom. The third-order valence-electron chi connectivity index (χ3n) is 5.70. The third-order valence-corrected chi connectivity index (χ3v) is 5.70. The third kappa shape index (κ3) is 4.22. The van der Waals surface area contributed by atoms with Crippen LogP contribution >= 0.6 is 0 Å². The first-order valence-electron chi connectivity index (χ1n) is 8.82. The highest BCUT2D eigenvalue weighted by Crippen LogP contribution is 2.34. The Kier molecular flexibility index (Phi) is 6.29. The molecule has 0 unspecified atom stereocenters. The monoisotopic (exact) mass is 314 g/mol. The molecule has 22 heavy (non-hydrogen) atoms. The van der Waals surface area contributed by atoms with Crippen LogP contribution < -0.4 is 0 Å². The average molecular weight is 314 g/mol. The average Bonchev–Trinajstić information content (AvgIpc) is 2.45. The zero-order valence-electron chi connectivity index (χ0n) is 14.9. The Hall–Kier alpha value is -0.160. The van der Waals surface area contributed by atoms with E-state index in [0.29, 0.717) is 0 Å². The fourth-order valence-electron chi connectivity index (χ4n) is 2.83. The number of hydrogen-bond donors (Lipinski definition) is 0. The molecule has 0 aromatic rings. The van der Waals surface area contributed by atoms with Crippen LogP contribution in [0.3, 0.4) is 0 Å². The van der Waals surface area contributed by atoms with E-state index in [9.17, 15) is 0 Å². The summed E-state index contributed by atoms with van der Waals surface area (Å²) in [6, 6.07) is 0. The van der Waals surface area contributed by atoms with Gasteiger partial charge in [0.1, 0.15) is 0 Å². The van der Waals surface area contributed by atoms with Crippen LogP contribution in [-0.2, 0) is 18.9 Å². The fourth-order valence-corrected chi connectivity index (χ4v) is 2.83. The number of ether oxygens (including phenoxy) is 4. The number of rotatable bonds is 11. The highest BCUT2D eigenvalue weighted by atomic mass is 16.5. The molecular weight excluding hydrogens is 280 g/mol. The normalized spacial score (nSPS) is 22.9. The van der Waals surface area contributed by atoms with E-state index in [-0.39, 0.29) is 16.2 Å². The quantitative estimate of drug-likeness (QED) is 0.586. The zero-order valence-corrected chi connectivity index (χ0v) is 14.9. The summed E-state index contributed by atoms with van der Waals surface area (Å²) in [7, 11) is 0. The van der Waals surface area contributed by atoms with E-state index < -0.39 is 0 Å². The highest BCUT2D eigenvalue weighted by molar-refractivity contribution is 4.86. The Labute approximate surface area is 135 Å². The Balaban J connectivity index is 1.69. The van der Waals surface area contributed by atoms with Crippen LogP contribution in [0.5, 0.6) is 0 Å². The van der Waals surface area contributed by atoms with Crippen molar-refractivity contribution >= 4 is 0 Å². The van der Waals surface area contributed by atoms with E-state index in [1.54, 1.807) is 0 Å². The molecule has 0 atom stereocenters. The fraction of sp³-hybridized carbons (Fsp3) is 1.00. The van der Waals surface area contributed by atoms with Gasteiger partial charge in [-0.25, -0.2) is 0 Å². The molecule has 2 aliphatic heterocycles. The lowest BCUT2D eigenvalue weighted by Crippen LogP contribution is -2.47. The molecule has 2 fully saturated rings. The molecule has 0 N–H and O–H groups in total. The van der Waals surface area contributed by atoms with Gasteiger partial charge >= 0.3 is 0 Å². The van der Waals surface area contributed by atoms with Crippen LogP contribution in [0.2, 0.25) is 0 Å². The van der Waals surface area contributed by atoms with Crippen molar-refractivity contribution < 1.29 is 18.9 Å². The van der Waals surface area contributed by atoms with E-state index in [0.717, 1.165) is 72.1 Å². The van der Waals surface area contributed by atoms with Crippen molar-refractivity contribution in [3.63, 3.8) is 0 Å². The molecular formula is C18H34O4. The smallest absolute Gasteiger partial charge is 0.0566 e. The molecule has 0 aromatic carbocycles. The first-order chi connectivity index (χ1) is 10.5. The predicted molar refractivity (Wildman–Crippen MR) is 87.1 cm³/mol. The van der Waals surface area contributed by atoms with E-state index >= 15 is 0 Å². The second kappa shape index (κ2) is 7.61. The molecule has 0 saturated carbocycles. The van der Waals surface area contributed by atoms with Crippen LogP contribution in [0.4, 0.5) is 0 Å². The second-order valence-electron chi connectivity index (χ2n) is 7.84. The summed E-state index contributed by atoms with van der Waals surface area (Å²) < 4.78 is 22.8. The van der Waals surface area contributed by atoms with Crippen molar-refractivity contribution in [2.24, 2.45) is 16.2 Å². The molecule has 0 bridgehead atoms. The Bertz CT molecular complexity index is 295. The summed E-state index contributed by atoms with van der Waals surface area (Å²) in [5.74, 6) is 0. The standard InChI is InChI=1S/C18H34O4/c1-5-16(4,8-19-10-17(6-2)12-21-13-17)9-20-11-18(7-3)14-22-15-18/h5-15H2,1-4H3. The zero-order chi connectivity index (χ0) is 16.1. The highest BCUT2D eigenvalue weighted by Gasteiger charge is 2.39. The van der Waals surface area contributed by atoms with Crippen LogP contribution in [0.25, 0.3) is 0 Å². The molecule has 4 nitrogen and oxygen atoms in total. The predicted octanol–water partition coefficient (Wildman–Crippen LogP) is 3.29. The summed E-state index contributed by atoms with van der Waals surface area (Å²) in [5.41, 5.74) is 0.634. The molecule has 4 heteroatoms. The van der Waals surface area contributed by atoms with Gasteiger partial charge in [-0.3, -0.25) is 0 Å². The van der Waals surface area contributed by atoms with Crippen molar-refractivity contribution in [3.05, 3.63) is 0 Å². The van der Waals surface area contributed by atoms with Crippen LogP contribution in [0.1, 0.15) is 47.0 Å². The first kappa shape index (κ1) is 18.2. The van der Waals surface area contributed by atoms with E-state index in [1.807, 2.05) is 0 Å². The lowest BCUT2D eigenvalue weighted by Gasteiger charge is -2.42. The summed E-state index contributed by atoms with van der Waals surface area (Å²) in [6.07, 6.45) is 3.33. The van der Waals surface area contributed by atoms with Gasteiger partial charge in [0, 0.05) is 16.2 Å². The largest absolute Gasteiger partial charge is 0.380 e. The molecule has 0 amide bonds. The van der Waals surface area contributed by atoms with Crippen molar-refractivity contribution in [3.8, 4) is 0 Å². The molecule has 0 radical (unpaired) electrons. The lowest BCUT2D eigenvalue weighted by molar-refractivity contribution is -0.170. The molecule has 0 aromatic heterocycles. The van der Waals surface area contributed by atoms with E-state index in [2.05, 4.69) is 27.7 Å². The van der Waals surface area contributed by atoms with Gasteiger partial charge in [0.2, 0.25) is 0 Å². The van der Waals surface area contributed by atoms with Crippen molar-refractivity contribution in [1.29, 1.82) is 0 Å². The van der Waals surface area contributed by atoms with Crippen molar-refractivity contribution in [1.82, 2.24) is 0 Å². The summed E-state index contributed by atoms with van der Waals surface area (Å²) in [5, 5.41) is 0. The maximum atomic E-state index is 6.05. The molecule has 2 aliphatic rings. The first-order valence-corrected chi connectivity index (χ1v) is 8.82. The van der Waals surface area contributed by atoms with Crippen LogP contribution in [-0.4, -0.2) is 52.9 Å². The van der Waals surface area contributed by atoms with Gasteiger partial charge in [0.05, 0.1) is 52.9 Å². The van der Waals surface area contributed by atoms with Gasteiger partial charge < -0.3 is 18.9 Å². The van der Waals surface area contributed by atoms with Gasteiger partial charge in [0.25, 0.3) is 0 Å². The summed E-state index contributed by atoms with van der Waals surface area (Å²) in [6.45, 7) is 15.5. The topological polar surface area (TPSA) is 36.9 Å². The van der Waals surface area contributed by atoms with Crippen molar-refractivity contribution in [2.45, 2.75) is 47.0 Å². The van der Waals surface area contributed by atoms with Gasteiger partial charge in [-0.1, -0.05) is 27.7 Å². The van der Waals surface area contributed by atoms with Gasteiger partial charge in [-0.15, -0.1) is 0 Å². The summed E-state index contributed by atoms with van der Waals surface area (Å²) in [4.78, 5) is 0. The maximum absolute atomic E-state index is 6.05. The molecule has 130 valence electrons. The minimum Gasteiger partial charge on any atom is -0.380 e. The van der Waals surface area contributed by atoms with Crippen molar-refractivity contribution in [2.75, 3.05) is 52.9 Å². The van der Waals surface area contributed by atoms with Gasteiger partial charge in [-0.05, 0) is 19.3 Å².